The zero-order valence-electron chi connectivity index (χ0n) is 9.00. The molecule has 0 saturated heterocycles. The minimum Gasteiger partial charge on any atom is -0.447 e. The van der Waals surface area contributed by atoms with Gasteiger partial charge in [-0.15, -0.1) is 0 Å². The monoisotopic (exact) mass is 193 g/mol. The Morgan fingerprint density at radius 2 is 2.14 bits per heavy atom. The normalized spacial score (nSPS) is 8.57. The van der Waals surface area contributed by atoms with Gasteiger partial charge in [-0.2, -0.15) is 0 Å². The molecular formula is C11H15NO2. The Morgan fingerprint density at radius 1 is 1.43 bits per heavy atom. The predicted molar refractivity (Wildman–Crippen MR) is 57.2 cm³/mol. The van der Waals surface area contributed by atoms with E-state index in [0.717, 1.165) is 0 Å². The summed E-state index contributed by atoms with van der Waals surface area (Å²) < 4.78 is 5.22. The molecule has 0 unspecified atom stereocenters. The van der Waals surface area contributed by atoms with Crippen molar-refractivity contribution in [3.8, 4) is 11.8 Å². The van der Waals surface area contributed by atoms with E-state index in [4.69, 9.17) is 4.42 Å². The third kappa shape index (κ3) is 4.36. The molecule has 1 aromatic heterocycles. The maximum absolute atomic E-state index is 5.22. The van der Waals surface area contributed by atoms with Crippen molar-refractivity contribution >= 4 is 6.21 Å². The molecule has 0 N–H and O–H groups in total. The second-order valence-corrected chi connectivity index (χ2v) is 1.99. The van der Waals surface area contributed by atoms with E-state index < -0.39 is 0 Å². The van der Waals surface area contributed by atoms with Gasteiger partial charge in [0.15, 0.2) is 5.76 Å². The summed E-state index contributed by atoms with van der Waals surface area (Å²) in [7, 11) is 1.48. The van der Waals surface area contributed by atoms with E-state index in [2.05, 4.69) is 21.8 Å². The molecule has 14 heavy (non-hydrogen) atoms. The number of furan rings is 1. The lowest BCUT2D eigenvalue weighted by atomic mass is 10.4. The molecule has 0 amide bonds. The highest BCUT2D eigenvalue weighted by Gasteiger charge is 1.94. The zero-order valence-corrected chi connectivity index (χ0v) is 9.00. The smallest absolute Gasteiger partial charge is 0.177 e. The van der Waals surface area contributed by atoms with Gasteiger partial charge in [0.05, 0.1) is 0 Å². The van der Waals surface area contributed by atoms with Crippen molar-refractivity contribution in [2.75, 3.05) is 7.11 Å². The fourth-order valence-corrected chi connectivity index (χ4v) is 0.717. The van der Waals surface area contributed by atoms with Crippen molar-refractivity contribution in [1.29, 1.82) is 0 Å². The summed E-state index contributed by atoms with van der Waals surface area (Å²) in [5.41, 5.74) is 0. The highest BCUT2D eigenvalue weighted by atomic mass is 16.6. The van der Waals surface area contributed by atoms with Crippen molar-refractivity contribution in [3.05, 3.63) is 23.7 Å². The van der Waals surface area contributed by atoms with Crippen molar-refractivity contribution in [2.24, 2.45) is 5.16 Å². The number of hydrogen-bond donors (Lipinski definition) is 0. The Hall–Kier alpha value is -1.69. The van der Waals surface area contributed by atoms with E-state index in [0.29, 0.717) is 11.5 Å². The van der Waals surface area contributed by atoms with Crippen LogP contribution in [0.5, 0.6) is 0 Å². The lowest BCUT2D eigenvalue weighted by Gasteiger charge is -1.83. The van der Waals surface area contributed by atoms with Gasteiger partial charge in [0.25, 0.3) is 0 Å². The molecule has 0 aliphatic rings. The van der Waals surface area contributed by atoms with Gasteiger partial charge < -0.3 is 9.25 Å². The van der Waals surface area contributed by atoms with E-state index >= 15 is 0 Å². The molecule has 1 rings (SSSR count). The van der Waals surface area contributed by atoms with Gasteiger partial charge >= 0.3 is 0 Å². The maximum Gasteiger partial charge on any atom is 0.177 e. The molecule has 0 radical (unpaired) electrons. The summed E-state index contributed by atoms with van der Waals surface area (Å²) in [6, 6.07) is 3.57. The van der Waals surface area contributed by atoms with Gasteiger partial charge in [0.2, 0.25) is 0 Å². The van der Waals surface area contributed by atoms with Gasteiger partial charge in [-0.1, -0.05) is 24.9 Å². The minimum absolute atomic E-state index is 0.634. The van der Waals surface area contributed by atoms with E-state index in [1.165, 1.54) is 13.3 Å². The molecule has 0 atom stereocenters. The highest BCUT2D eigenvalue weighted by molar-refractivity contribution is 5.75. The predicted octanol–water partition coefficient (Wildman–Crippen LogP) is 2.66. The number of oxime groups is 1. The minimum atomic E-state index is 0.634. The summed E-state index contributed by atoms with van der Waals surface area (Å²) in [5.74, 6) is 6.79. The molecule has 0 aliphatic heterocycles. The average molecular weight is 193 g/mol. The molecule has 0 aromatic carbocycles. The largest absolute Gasteiger partial charge is 0.447 e. The van der Waals surface area contributed by atoms with Crippen LogP contribution in [-0.4, -0.2) is 13.3 Å². The Bertz CT molecular complexity index is 329. The fraction of sp³-hybridized carbons (Fsp3) is 0.364. The summed E-state index contributed by atoms with van der Waals surface area (Å²) in [5, 5.41) is 3.55. The molecule has 3 heteroatoms. The van der Waals surface area contributed by atoms with Crippen LogP contribution in [-0.2, 0) is 4.84 Å². The topological polar surface area (TPSA) is 34.7 Å². The summed E-state index contributed by atoms with van der Waals surface area (Å²) in [6.45, 7) is 5.76. The van der Waals surface area contributed by atoms with Crippen LogP contribution in [0.1, 0.15) is 32.3 Å². The molecule has 1 aromatic rings. The first-order valence-electron chi connectivity index (χ1n) is 4.46. The van der Waals surface area contributed by atoms with Gasteiger partial charge in [-0.3, -0.25) is 0 Å². The number of rotatable bonds is 2. The lowest BCUT2D eigenvalue weighted by molar-refractivity contribution is 0.215. The summed E-state index contributed by atoms with van der Waals surface area (Å²) >= 11 is 0. The summed E-state index contributed by atoms with van der Waals surface area (Å²) in [6.07, 6.45) is 1.49. The van der Waals surface area contributed by atoms with Crippen LogP contribution in [0.15, 0.2) is 21.7 Å². The summed E-state index contributed by atoms with van der Waals surface area (Å²) in [4.78, 5) is 4.49. The molecular weight excluding hydrogens is 178 g/mol. The molecule has 0 fully saturated rings. The molecule has 76 valence electrons. The Balaban J connectivity index is 0.000000791. The Labute approximate surface area is 84.7 Å². The van der Waals surface area contributed by atoms with Gasteiger partial charge in [-0.25, -0.2) is 0 Å². The Kier molecular flexibility index (Phi) is 6.98. The third-order valence-corrected chi connectivity index (χ3v) is 1.16. The first kappa shape index (κ1) is 12.3. The van der Waals surface area contributed by atoms with Crippen LogP contribution in [0.25, 0.3) is 0 Å². The van der Waals surface area contributed by atoms with Gasteiger partial charge in [0, 0.05) is 0 Å². The van der Waals surface area contributed by atoms with Crippen LogP contribution in [0.2, 0.25) is 0 Å². The van der Waals surface area contributed by atoms with Crippen molar-refractivity contribution in [3.63, 3.8) is 0 Å². The second kappa shape index (κ2) is 7.93. The molecule has 0 bridgehead atoms. The first-order valence-corrected chi connectivity index (χ1v) is 4.46. The van der Waals surface area contributed by atoms with Crippen molar-refractivity contribution in [2.45, 2.75) is 20.8 Å². The van der Waals surface area contributed by atoms with E-state index in [1.54, 1.807) is 19.1 Å². The molecule has 1 heterocycles. The maximum atomic E-state index is 5.22. The van der Waals surface area contributed by atoms with E-state index in [1.807, 2.05) is 13.8 Å². The molecule has 0 aliphatic carbocycles. The van der Waals surface area contributed by atoms with E-state index in [9.17, 15) is 0 Å². The number of nitrogens with zero attached hydrogens (tertiary/aromatic N) is 1. The average Bonchev–Trinajstić information content (AvgIpc) is 2.66. The van der Waals surface area contributed by atoms with Crippen LogP contribution in [0.3, 0.4) is 0 Å². The molecule has 3 nitrogen and oxygen atoms in total. The first-order chi connectivity index (χ1) is 6.86. The van der Waals surface area contributed by atoms with E-state index in [-0.39, 0.29) is 0 Å². The standard InChI is InChI=1S/C9H9NO2.C2H6/c1-3-4-8-5-6-9(12-8)7-10-11-2;1-2/h5-7H,1-2H3;1-2H3/b10-7+;. The van der Waals surface area contributed by atoms with Gasteiger partial charge in [0.1, 0.15) is 19.1 Å². The highest BCUT2D eigenvalue weighted by Crippen LogP contribution is 2.03. The van der Waals surface area contributed by atoms with Crippen LogP contribution in [0, 0.1) is 11.8 Å². The van der Waals surface area contributed by atoms with Crippen LogP contribution < -0.4 is 0 Å². The Morgan fingerprint density at radius 3 is 2.71 bits per heavy atom. The zero-order chi connectivity index (χ0) is 10.8. The SMILES string of the molecule is CC.CC#Cc1ccc(/C=N/OC)o1. The second-order valence-electron chi connectivity index (χ2n) is 1.99. The van der Waals surface area contributed by atoms with Crippen LogP contribution in [0.4, 0.5) is 0 Å². The quantitative estimate of drug-likeness (QED) is 0.411. The van der Waals surface area contributed by atoms with Crippen LogP contribution >= 0.6 is 0 Å². The lowest BCUT2D eigenvalue weighted by Crippen LogP contribution is -1.75. The van der Waals surface area contributed by atoms with Crippen molar-refractivity contribution < 1.29 is 9.25 Å². The fourth-order valence-electron chi connectivity index (χ4n) is 0.717. The molecule has 0 saturated carbocycles. The molecule has 0 spiro atoms. The van der Waals surface area contributed by atoms with Crippen molar-refractivity contribution in [1.82, 2.24) is 0 Å². The number of hydrogen-bond acceptors (Lipinski definition) is 3. The van der Waals surface area contributed by atoms with Gasteiger partial charge in [-0.05, 0) is 25.0 Å². The third-order valence-electron chi connectivity index (χ3n) is 1.16.